The van der Waals surface area contributed by atoms with Gasteiger partial charge in [-0.25, -0.2) is 4.39 Å². The fourth-order valence-corrected chi connectivity index (χ4v) is 3.90. The minimum absolute atomic E-state index is 0.0358. The zero-order valence-electron chi connectivity index (χ0n) is 19.7. The molecule has 198 valence electrons. The van der Waals surface area contributed by atoms with E-state index in [0.717, 1.165) is 18.2 Å². The molecule has 1 N–H and O–H groups in total. The molecule has 0 radical (unpaired) electrons. The van der Waals surface area contributed by atoms with E-state index < -0.39 is 34.9 Å². The zero-order chi connectivity index (χ0) is 27.1. The molecule has 2 aromatic carbocycles. The van der Waals surface area contributed by atoms with Crippen LogP contribution in [0.2, 0.25) is 0 Å². The summed E-state index contributed by atoms with van der Waals surface area (Å²) in [7, 11) is 3.49. The fraction of sp³-hybridized carbons (Fsp3) is 0.458. The van der Waals surface area contributed by atoms with Gasteiger partial charge in [-0.15, -0.1) is 0 Å². The Labute approximate surface area is 201 Å². The van der Waals surface area contributed by atoms with E-state index in [-0.39, 0.29) is 40.6 Å². The van der Waals surface area contributed by atoms with Gasteiger partial charge in [-0.1, -0.05) is 19.4 Å². The molecule has 0 spiro atoms. The van der Waals surface area contributed by atoms with Gasteiger partial charge < -0.3 is 19.3 Å². The van der Waals surface area contributed by atoms with Crippen molar-refractivity contribution in [3.05, 3.63) is 52.1 Å². The van der Waals surface area contributed by atoms with Crippen molar-refractivity contribution in [2.75, 3.05) is 27.2 Å². The smallest absolute Gasteiger partial charge is 0.430 e. The van der Waals surface area contributed by atoms with Crippen molar-refractivity contribution in [1.29, 1.82) is 0 Å². The van der Waals surface area contributed by atoms with E-state index in [9.17, 15) is 40.6 Å². The van der Waals surface area contributed by atoms with Gasteiger partial charge in [0.05, 0.1) is 10.9 Å². The highest BCUT2D eigenvalue weighted by Gasteiger charge is 2.71. The molecule has 0 saturated heterocycles. The second-order valence-electron chi connectivity index (χ2n) is 8.73. The first-order valence-electron chi connectivity index (χ1n) is 11.1. The molecule has 0 fully saturated rings. The lowest BCUT2D eigenvalue weighted by molar-refractivity contribution is -0.376. The number of alkyl halides is 6. The molecule has 3 rings (SSSR count). The minimum Gasteiger partial charge on any atom is -0.489 e. The minimum atomic E-state index is -6.09. The first kappa shape index (κ1) is 27.7. The van der Waals surface area contributed by atoms with Crippen molar-refractivity contribution in [1.82, 2.24) is 9.47 Å². The Kier molecular flexibility index (Phi) is 7.62. The molecule has 0 aliphatic rings. The van der Waals surface area contributed by atoms with Gasteiger partial charge in [-0.05, 0) is 44.8 Å². The van der Waals surface area contributed by atoms with Gasteiger partial charge in [0.1, 0.15) is 6.61 Å². The van der Waals surface area contributed by atoms with Crippen LogP contribution in [0.25, 0.3) is 21.7 Å². The molecule has 0 aliphatic heterocycles. The predicted octanol–water partition coefficient (Wildman–Crippen LogP) is 5.35. The van der Waals surface area contributed by atoms with Crippen LogP contribution in [0, 0.1) is 5.82 Å². The maximum absolute atomic E-state index is 14.8. The van der Waals surface area contributed by atoms with Crippen molar-refractivity contribution in [2.45, 2.75) is 44.3 Å². The van der Waals surface area contributed by atoms with Crippen LogP contribution in [0.15, 0.2) is 35.1 Å². The van der Waals surface area contributed by atoms with Crippen LogP contribution in [0.1, 0.15) is 25.3 Å². The summed E-state index contributed by atoms with van der Waals surface area (Å²) in [6.07, 6.45) is -11.1. The van der Waals surface area contributed by atoms with Crippen LogP contribution >= 0.6 is 0 Å². The van der Waals surface area contributed by atoms with Gasteiger partial charge in [-0.3, -0.25) is 4.79 Å². The predicted molar refractivity (Wildman–Crippen MR) is 121 cm³/mol. The average Bonchev–Trinajstić information content (AvgIpc) is 2.77. The highest BCUT2D eigenvalue weighted by Crippen LogP contribution is 2.50. The lowest BCUT2D eigenvalue weighted by Gasteiger charge is -2.33. The molecule has 0 unspecified atom stereocenters. The Hall–Kier alpha value is -2.86. The number of unbranched alkanes of at least 4 members (excludes halogenated alkanes) is 1. The molecule has 0 bridgehead atoms. The third-order valence-corrected chi connectivity index (χ3v) is 5.89. The van der Waals surface area contributed by atoms with Crippen LogP contribution in [-0.2, 0) is 12.1 Å². The second kappa shape index (κ2) is 9.89. The van der Waals surface area contributed by atoms with Gasteiger partial charge in [0.25, 0.3) is 11.2 Å². The van der Waals surface area contributed by atoms with Gasteiger partial charge in [0.15, 0.2) is 11.6 Å². The molecule has 5 nitrogen and oxygen atoms in total. The van der Waals surface area contributed by atoms with E-state index >= 15 is 0 Å². The molecule has 3 aromatic rings. The van der Waals surface area contributed by atoms with Gasteiger partial charge >= 0.3 is 12.4 Å². The second-order valence-corrected chi connectivity index (χ2v) is 8.73. The molecule has 1 aromatic heterocycles. The number of benzene rings is 2. The first-order chi connectivity index (χ1) is 16.6. The first-order valence-corrected chi connectivity index (χ1v) is 11.1. The lowest BCUT2D eigenvalue weighted by atomic mass is 9.90. The number of hydrogen-bond donors (Lipinski definition) is 1. The number of halogens is 7. The quantitative estimate of drug-likeness (QED) is 0.320. The van der Waals surface area contributed by atoms with E-state index in [1.54, 1.807) is 19.0 Å². The van der Waals surface area contributed by atoms with Crippen LogP contribution in [0.5, 0.6) is 5.75 Å². The van der Waals surface area contributed by atoms with Crippen molar-refractivity contribution >= 4 is 21.7 Å². The largest absolute Gasteiger partial charge is 0.489 e. The van der Waals surface area contributed by atoms with Crippen molar-refractivity contribution in [2.24, 2.45) is 0 Å². The Bertz CT molecular complexity index is 1300. The summed E-state index contributed by atoms with van der Waals surface area (Å²) in [5.74, 6) is -1.22. The number of aliphatic hydroxyl groups is 1. The summed E-state index contributed by atoms with van der Waals surface area (Å²) < 4.78 is 103. The number of nitrogens with zero attached hydrogens (tertiary/aromatic N) is 2. The number of rotatable bonds is 8. The number of aryl methyl sites for hydroxylation is 1. The zero-order valence-corrected chi connectivity index (χ0v) is 19.7. The molecule has 0 atom stereocenters. The van der Waals surface area contributed by atoms with Crippen molar-refractivity contribution in [3.8, 4) is 5.75 Å². The number of aromatic nitrogens is 1. The number of likely N-dealkylation sites (N-methyl/N-ethyl adjacent to an activating group) is 1. The third kappa shape index (κ3) is 4.88. The average molecular weight is 522 g/mol. The van der Waals surface area contributed by atoms with Crippen LogP contribution in [-0.4, -0.2) is 54.2 Å². The highest BCUT2D eigenvalue weighted by atomic mass is 19.4. The monoisotopic (exact) mass is 522 g/mol. The van der Waals surface area contributed by atoms with E-state index in [1.165, 1.54) is 4.57 Å². The summed E-state index contributed by atoms with van der Waals surface area (Å²) in [6, 6.07) is 3.91. The summed E-state index contributed by atoms with van der Waals surface area (Å²) in [5.41, 5.74) is -7.24. The Morgan fingerprint density at radius 2 is 1.61 bits per heavy atom. The number of ether oxygens (including phenoxy) is 1. The maximum Gasteiger partial charge on any atom is 0.430 e. The van der Waals surface area contributed by atoms with Crippen molar-refractivity contribution < 1.29 is 40.6 Å². The lowest BCUT2D eigenvalue weighted by Crippen LogP contribution is -2.53. The molecule has 12 heteroatoms. The van der Waals surface area contributed by atoms with E-state index in [4.69, 9.17) is 4.74 Å². The van der Waals surface area contributed by atoms with Crippen LogP contribution in [0.3, 0.4) is 0 Å². The maximum atomic E-state index is 14.8. The summed E-state index contributed by atoms with van der Waals surface area (Å²) in [4.78, 5) is 14.9. The van der Waals surface area contributed by atoms with E-state index in [2.05, 4.69) is 0 Å². The van der Waals surface area contributed by atoms with Gasteiger partial charge in [0, 0.05) is 29.4 Å². The van der Waals surface area contributed by atoms with E-state index in [1.807, 2.05) is 6.92 Å². The Balaban J connectivity index is 2.38. The summed E-state index contributed by atoms with van der Waals surface area (Å²) in [5, 5.41) is 9.38. The summed E-state index contributed by atoms with van der Waals surface area (Å²) >= 11 is 0. The number of pyridine rings is 1. The summed E-state index contributed by atoms with van der Waals surface area (Å²) in [6.45, 7) is 2.36. The van der Waals surface area contributed by atoms with Crippen LogP contribution < -0.4 is 10.3 Å². The Morgan fingerprint density at radius 1 is 0.972 bits per heavy atom. The highest BCUT2D eigenvalue weighted by molar-refractivity contribution is 6.06. The molecular formula is C24H25F7N2O3. The SMILES string of the molecule is CCCCn1c(=O)c2cc(F)c(OCCN(C)C)cc2c2cc(C(O)(C(F)(F)F)C(F)(F)F)ccc21. The molecule has 1 heterocycles. The van der Waals surface area contributed by atoms with Crippen molar-refractivity contribution in [3.63, 3.8) is 0 Å². The molecule has 0 amide bonds. The van der Waals surface area contributed by atoms with Crippen LogP contribution in [0.4, 0.5) is 30.7 Å². The molecule has 0 saturated carbocycles. The normalized spacial score (nSPS) is 13.2. The van der Waals surface area contributed by atoms with Gasteiger partial charge in [0.2, 0.25) is 0 Å². The standard InChI is InChI=1S/C24H25F7N2O3/c1-4-5-8-33-19-7-6-14(22(35,23(26,27)28)24(29,30)31)11-16(19)15-13-20(36-10-9-32(2)3)18(25)12-17(15)21(33)34/h6-7,11-13,35H,4-5,8-10H2,1-3H3. The third-order valence-electron chi connectivity index (χ3n) is 5.89. The molecular weight excluding hydrogens is 497 g/mol. The van der Waals surface area contributed by atoms with E-state index in [0.29, 0.717) is 31.5 Å². The fourth-order valence-electron chi connectivity index (χ4n) is 3.90. The number of hydrogen-bond acceptors (Lipinski definition) is 4. The topological polar surface area (TPSA) is 54.7 Å². The molecule has 0 aliphatic carbocycles. The van der Waals surface area contributed by atoms with Gasteiger partial charge in [-0.2, -0.15) is 26.3 Å². The molecule has 36 heavy (non-hydrogen) atoms. The Morgan fingerprint density at radius 3 is 2.17 bits per heavy atom. The number of fused-ring (bicyclic) bond motifs is 3.